The Hall–Kier alpha value is -1.69. The number of nitrogens with zero attached hydrogens (tertiary/aromatic N) is 3. The van der Waals surface area contributed by atoms with Gasteiger partial charge in [-0.25, -0.2) is 0 Å². The van der Waals surface area contributed by atoms with E-state index in [1.165, 1.54) is 6.42 Å². The summed E-state index contributed by atoms with van der Waals surface area (Å²) in [6, 6.07) is 7.88. The molecule has 1 aliphatic heterocycles. The van der Waals surface area contributed by atoms with E-state index in [-0.39, 0.29) is 5.91 Å². The quantitative estimate of drug-likeness (QED) is 0.645. The number of amides is 1. The Morgan fingerprint density at radius 3 is 2.92 bits per heavy atom. The summed E-state index contributed by atoms with van der Waals surface area (Å²) in [5.41, 5.74) is 1.90. The SMILES string of the molecule is CCC1CN(C(=NC)NCCc2cccc(C(=O)N(C)C)c2)CCS1. The summed E-state index contributed by atoms with van der Waals surface area (Å²) >= 11 is 2.06. The Balaban J connectivity index is 1.89. The van der Waals surface area contributed by atoms with Crippen LogP contribution in [0.3, 0.4) is 0 Å². The van der Waals surface area contributed by atoms with E-state index in [0.29, 0.717) is 5.25 Å². The second-order valence-electron chi connectivity index (χ2n) is 6.47. The molecule has 1 saturated heterocycles. The van der Waals surface area contributed by atoms with Crippen LogP contribution in [-0.2, 0) is 6.42 Å². The van der Waals surface area contributed by atoms with Crippen molar-refractivity contribution in [3.8, 4) is 0 Å². The van der Waals surface area contributed by atoms with Gasteiger partial charge >= 0.3 is 0 Å². The van der Waals surface area contributed by atoms with E-state index in [2.05, 4.69) is 40.0 Å². The number of aliphatic imine (C=N–C) groups is 1. The van der Waals surface area contributed by atoms with Gasteiger partial charge in [0.2, 0.25) is 0 Å². The molecular formula is C19H30N4OS. The van der Waals surface area contributed by atoms with Crippen LogP contribution in [0.5, 0.6) is 0 Å². The maximum atomic E-state index is 12.1. The number of hydrogen-bond donors (Lipinski definition) is 1. The maximum absolute atomic E-state index is 12.1. The van der Waals surface area contributed by atoms with E-state index in [1.807, 2.05) is 25.2 Å². The Morgan fingerprint density at radius 2 is 2.24 bits per heavy atom. The van der Waals surface area contributed by atoms with Crippen molar-refractivity contribution in [1.82, 2.24) is 15.1 Å². The van der Waals surface area contributed by atoms with Crippen molar-refractivity contribution in [2.24, 2.45) is 4.99 Å². The normalized spacial score (nSPS) is 18.2. The van der Waals surface area contributed by atoms with Crippen LogP contribution in [0.4, 0.5) is 0 Å². The van der Waals surface area contributed by atoms with Gasteiger partial charge in [-0.2, -0.15) is 11.8 Å². The fourth-order valence-corrected chi connectivity index (χ4v) is 4.11. The van der Waals surface area contributed by atoms with Gasteiger partial charge in [-0.3, -0.25) is 9.79 Å². The molecule has 1 N–H and O–H groups in total. The van der Waals surface area contributed by atoms with Crippen LogP contribution in [0.1, 0.15) is 29.3 Å². The average molecular weight is 363 g/mol. The van der Waals surface area contributed by atoms with Gasteiger partial charge in [-0.05, 0) is 30.5 Å². The molecule has 0 radical (unpaired) electrons. The van der Waals surface area contributed by atoms with Crippen LogP contribution in [-0.4, -0.2) is 73.4 Å². The monoisotopic (exact) mass is 362 g/mol. The first-order chi connectivity index (χ1) is 12.0. The predicted molar refractivity (Wildman–Crippen MR) is 108 cm³/mol. The second kappa shape index (κ2) is 9.70. The van der Waals surface area contributed by atoms with Gasteiger partial charge in [0.25, 0.3) is 5.91 Å². The van der Waals surface area contributed by atoms with Crippen molar-refractivity contribution in [1.29, 1.82) is 0 Å². The molecule has 1 aromatic carbocycles. The van der Waals surface area contributed by atoms with E-state index in [9.17, 15) is 4.79 Å². The zero-order chi connectivity index (χ0) is 18.2. The lowest BCUT2D eigenvalue weighted by molar-refractivity contribution is 0.0827. The highest BCUT2D eigenvalue weighted by Crippen LogP contribution is 2.21. The molecule has 1 aromatic rings. The van der Waals surface area contributed by atoms with Crippen LogP contribution in [0.15, 0.2) is 29.3 Å². The van der Waals surface area contributed by atoms with E-state index >= 15 is 0 Å². The summed E-state index contributed by atoms with van der Waals surface area (Å²) in [6.45, 7) is 5.17. The predicted octanol–water partition coefficient (Wildman–Crippen LogP) is 2.33. The Labute approximate surface area is 155 Å². The number of carbonyl (C=O) groups excluding carboxylic acids is 1. The number of carbonyl (C=O) groups is 1. The van der Waals surface area contributed by atoms with Crippen LogP contribution in [0.2, 0.25) is 0 Å². The lowest BCUT2D eigenvalue weighted by Gasteiger charge is -2.34. The third-order valence-electron chi connectivity index (χ3n) is 4.38. The van der Waals surface area contributed by atoms with Crippen molar-refractivity contribution >= 4 is 23.6 Å². The van der Waals surface area contributed by atoms with Gasteiger partial charge in [-0.15, -0.1) is 0 Å². The molecule has 138 valence electrons. The minimum Gasteiger partial charge on any atom is -0.356 e. The number of thioether (sulfide) groups is 1. The smallest absolute Gasteiger partial charge is 0.253 e. The van der Waals surface area contributed by atoms with Crippen LogP contribution in [0, 0.1) is 0 Å². The highest BCUT2D eigenvalue weighted by atomic mass is 32.2. The number of hydrogen-bond acceptors (Lipinski definition) is 3. The Bertz CT molecular complexity index is 603. The standard InChI is InChI=1S/C19H30N4OS/c1-5-17-14-23(11-12-25-17)19(20-2)21-10-9-15-7-6-8-16(13-15)18(24)22(3)4/h6-8,13,17H,5,9-12,14H2,1-4H3,(H,20,21). The van der Waals surface area contributed by atoms with E-state index < -0.39 is 0 Å². The second-order valence-corrected chi connectivity index (χ2v) is 7.88. The number of guanidine groups is 1. The molecule has 25 heavy (non-hydrogen) atoms. The summed E-state index contributed by atoms with van der Waals surface area (Å²) in [5, 5.41) is 4.17. The van der Waals surface area contributed by atoms with Gasteiger partial charge in [0, 0.05) is 57.3 Å². The van der Waals surface area contributed by atoms with Crippen molar-refractivity contribution < 1.29 is 4.79 Å². The van der Waals surface area contributed by atoms with E-state index in [0.717, 1.165) is 48.9 Å². The lowest BCUT2D eigenvalue weighted by Crippen LogP contribution is -2.48. The van der Waals surface area contributed by atoms with Crippen LogP contribution in [0.25, 0.3) is 0 Å². The fraction of sp³-hybridized carbons (Fsp3) is 0.579. The third-order valence-corrected chi connectivity index (χ3v) is 5.75. The molecule has 0 spiro atoms. The molecule has 0 aromatic heterocycles. The summed E-state index contributed by atoms with van der Waals surface area (Å²) in [5.74, 6) is 2.19. The van der Waals surface area contributed by atoms with Crippen molar-refractivity contribution in [2.75, 3.05) is 46.5 Å². The highest BCUT2D eigenvalue weighted by molar-refractivity contribution is 8.00. The molecule has 5 nitrogen and oxygen atoms in total. The molecule has 0 bridgehead atoms. The molecular weight excluding hydrogens is 332 g/mol. The fourth-order valence-electron chi connectivity index (χ4n) is 2.93. The first-order valence-electron chi connectivity index (χ1n) is 8.93. The van der Waals surface area contributed by atoms with Crippen LogP contribution >= 0.6 is 11.8 Å². The molecule has 1 aliphatic rings. The zero-order valence-electron chi connectivity index (χ0n) is 15.8. The Morgan fingerprint density at radius 1 is 1.44 bits per heavy atom. The van der Waals surface area contributed by atoms with Crippen molar-refractivity contribution in [3.05, 3.63) is 35.4 Å². The van der Waals surface area contributed by atoms with Crippen LogP contribution < -0.4 is 5.32 Å². The molecule has 0 saturated carbocycles. The average Bonchev–Trinajstić information content (AvgIpc) is 2.64. The molecule has 2 rings (SSSR count). The van der Waals surface area contributed by atoms with Crippen molar-refractivity contribution in [3.63, 3.8) is 0 Å². The molecule has 1 heterocycles. The van der Waals surface area contributed by atoms with E-state index in [4.69, 9.17) is 0 Å². The third kappa shape index (κ3) is 5.66. The highest BCUT2D eigenvalue weighted by Gasteiger charge is 2.21. The molecule has 6 heteroatoms. The van der Waals surface area contributed by atoms with Gasteiger partial charge in [0.15, 0.2) is 5.96 Å². The van der Waals surface area contributed by atoms with Gasteiger partial charge in [0.05, 0.1) is 0 Å². The van der Waals surface area contributed by atoms with Gasteiger partial charge in [0.1, 0.15) is 0 Å². The molecule has 1 atom stereocenters. The summed E-state index contributed by atoms with van der Waals surface area (Å²) < 4.78 is 0. The molecule has 0 aliphatic carbocycles. The molecule has 1 amide bonds. The minimum atomic E-state index is 0.0436. The molecule has 1 unspecified atom stereocenters. The lowest BCUT2D eigenvalue weighted by atomic mass is 10.1. The first-order valence-corrected chi connectivity index (χ1v) is 9.97. The van der Waals surface area contributed by atoms with Gasteiger partial charge < -0.3 is 15.1 Å². The number of nitrogens with one attached hydrogen (secondary N) is 1. The largest absolute Gasteiger partial charge is 0.356 e. The molecule has 1 fully saturated rings. The zero-order valence-corrected chi connectivity index (χ0v) is 16.6. The summed E-state index contributed by atoms with van der Waals surface area (Å²) in [7, 11) is 5.41. The number of benzene rings is 1. The maximum Gasteiger partial charge on any atom is 0.253 e. The Kier molecular flexibility index (Phi) is 7.62. The first kappa shape index (κ1) is 19.6. The summed E-state index contributed by atoms with van der Waals surface area (Å²) in [4.78, 5) is 20.5. The number of rotatable bonds is 5. The minimum absolute atomic E-state index is 0.0436. The van der Waals surface area contributed by atoms with E-state index in [1.54, 1.807) is 19.0 Å². The topological polar surface area (TPSA) is 47.9 Å². The van der Waals surface area contributed by atoms with Crippen molar-refractivity contribution in [2.45, 2.75) is 25.0 Å². The van der Waals surface area contributed by atoms with Gasteiger partial charge in [-0.1, -0.05) is 19.1 Å². The summed E-state index contributed by atoms with van der Waals surface area (Å²) in [6.07, 6.45) is 2.07.